The van der Waals surface area contributed by atoms with Crippen LogP contribution in [0, 0.1) is 24.7 Å². The van der Waals surface area contributed by atoms with Gasteiger partial charge in [0.15, 0.2) is 0 Å². The Morgan fingerprint density at radius 2 is 1.80 bits per heavy atom. The van der Waals surface area contributed by atoms with Crippen LogP contribution in [0.2, 0.25) is 0 Å². The molecule has 0 amide bonds. The van der Waals surface area contributed by atoms with Crippen LogP contribution in [0.5, 0.6) is 0 Å². The maximum atomic E-state index is 6.07. The quantitative estimate of drug-likeness (QED) is 0.583. The van der Waals surface area contributed by atoms with Crippen LogP contribution < -0.4 is 17.0 Å². The molecule has 112 valence electrons. The number of hydrogen-bond acceptors (Lipinski definition) is 4. The minimum absolute atomic E-state index is 0.122. The number of hydrazine groups is 1. The molecule has 20 heavy (non-hydrogen) atoms. The molecule has 1 unspecified atom stereocenters. The number of nitrogens with two attached hydrogens (primary N) is 2. The van der Waals surface area contributed by atoms with Gasteiger partial charge >= 0.3 is 0 Å². The molecule has 0 saturated heterocycles. The fraction of sp³-hybridized carbons (Fsp3) is 0.688. The van der Waals surface area contributed by atoms with E-state index in [1.807, 2.05) is 6.07 Å². The standard InChI is InChI=1S/C16H28N4/c1-10(2)12-4-6-13(7-5-12)15(20-18)14-11(3)8-9-19-16(14)17/h8-10,12-13,15,20H,4-7,18H2,1-3H3,(H2,17,19). The molecule has 0 radical (unpaired) electrons. The molecule has 1 saturated carbocycles. The van der Waals surface area contributed by atoms with Gasteiger partial charge in [-0.05, 0) is 62.0 Å². The number of nitrogen functional groups attached to an aromatic ring is 1. The second-order valence-corrected chi connectivity index (χ2v) is 6.49. The van der Waals surface area contributed by atoms with Crippen LogP contribution >= 0.6 is 0 Å². The van der Waals surface area contributed by atoms with Crippen molar-refractivity contribution in [3.8, 4) is 0 Å². The van der Waals surface area contributed by atoms with Gasteiger partial charge in [0.05, 0.1) is 6.04 Å². The first kappa shape index (κ1) is 15.3. The van der Waals surface area contributed by atoms with Crippen LogP contribution in [0.3, 0.4) is 0 Å². The Morgan fingerprint density at radius 3 is 2.30 bits per heavy atom. The molecule has 1 aromatic heterocycles. The lowest BCUT2D eigenvalue weighted by Crippen LogP contribution is -2.36. The first-order valence-corrected chi connectivity index (χ1v) is 7.71. The predicted molar refractivity (Wildman–Crippen MR) is 83.7 cm³/mol. The van der Waals surface area contributed by atoms with Crippen molar-refractivity contribution < 1.29 is 0 Å². The smallest absolute Gasteiger partial charge is 0.128 e. The molecule has 0 aromatic carbocycles. The van der Waals surface area contributed by atoms with Crippen LogP contribution in [0.1, 0.15) is 56.7 Å². The third-order valence-electron chi connectivity index (χ3n) is 4.96. The van der Waals surface area contributed by atoms with E-state index in [4.69, 9.17) is 11.6 Å². The fourth-order valence-corrected chi connectivity index (χ4v) is 3.60. The summed E-state index contributed by atoms with van der Waals surface area (Å²) in [6, 6.07) is 2.13. The lowest BCUT2D eigenvalue weighted by atomic mass is 9.73. The van der Waals surface area contributed by atoms with Gasteiger partial charge in [0.25, 0.3) is 0 Å². The number of nitrogens with one attached hydrogen (secondary N) is 1. The van der Waals surface area contributed by atoms with Gasteiger partial charge in [-0.25, -0.2) is 4.98 Å². The first-order chi connectivity index (χ1) is 9.54. The highest BCUT2D eigenvalue weighted by Gasteiger charge is 2.31. The molecule has 1 heterocycles. The van der Waals surface area contributed by atoms with Gasteiger partial charge in [-0.2, -0.15) is 0 Å². The van der Waals surface area contributed by atoms with E-state index in [-0.39, 0.29) is 6.04 Å². The van der Waals surface area contributed by atoms with Gasteiger partial charge < -0.3 is 5.73 Å². The first-order valence-electron chi connectivity index (χ1n) is 7.71. The van der Waals surface area contributed by atoms with E-state index in [9.17, 15) is 0 Å². The molecule has 0 spiro atoms. The summed E-state index contributed by atoms with van der Waals surface area (Å²) in [6.07, 6.45) is 6.77. The summed E-state index contributed by atoms with van der Waals surface area (Å²) in [4.78, 5) is 4.23. The van der Waals surface area contributed by atoms with Crippen LogP contribution in [0.4, 0.5) is 5.82 Å². The topological polar surface area (TPSA) is 77.0 Å². The molecule has 1 aromatic rings. The lowest BCUT2D eigenvalue weighted by Gasteiger charge is -2.36. The summed E-state index contributed by atoms with van der Waals surface area (Å²) in [6.45, 7) is 6.73. The van der Waals surface area contributed by atoms with Crippen LogP contribution in [0.15, 0.2) is 12.3 Å². The molecule has 1 aliphatic carbocycles. The zero-order valence-corrected chi connectivity index (χ0v) is 12.9. The summed E-state index contributed by atoms with van der Waals surface area (Å²) < 4.78 is 0. The maximum absolute atomic E-state index is 6.07. The number of anilines is 1. The largest absolute Gasteiger partial charge is 0.383 e. The molecule has 1 fully saturated rings. The summed E-state index contributed by atoms with van der Waals surface area (Å²) in [5, 5.41) is 0. The summed E-state index contributed by atoms with van der Waals surface area (Å²) in [7, 11) is 0. The second-order valence-electron chi connectivity index (χ2n) is 6.49. The zero-order chi connectivity index (χ0) is 14.7. The van der Waals surface area contributed by atoms with Crippen LogP contribution in [0.25, 0.3) is 0 Å². The summed E-state index contributed by atoms with van der Waals surface area (Å²) >= 11 is 0. The van der Waals surface area contributed by atoms with Crippen molar-refractivity contribution in [2.45, 2.75) is 52.5 Å². The van der Waals surface area contributed by atoms with Crippen molar-refractivity contribution in [3.63, 3.8) is 0 Å². The number of pyridine rings is 1. The predicted octanol–water partition coefficient (Wildman–Crippen LogP) is 2.94. The van der Waals surface area contributed by atoms with Gasteiger partial charge in [0, 0.05) is 11.8 Å². The van der Waals surface area contributed by atoms with E-state index in [0.29, 0.717) is 11.7 Å². The van der Waals surface area contributed by atoms with E-state index in [1.54, 1.807) is 6.20 Å². The monoisotopic (exact) mass is 276 g/mol. The molecule has 4 nitrogen and oxygen atoms in total. The highest BCUT2D eigenvalue weighted by atomic mass is 15.2. The van der Waals surface area contributed by atoms with Gasteiger partial charge in [0.1, 0.15) is 5.82 Å². The van der Waals surface area contributed by atoms with Crippen molar-refractivity contribution in [1.82, 2.24) is 10.4 Å². The zero-order valence-electron chi connectivity index (χ0n) is 12.9. The number of hydrogen-bond donors (Lipinski definition) is 3. The maximum Gasteiger partial charge on any atom is 0.128 e. The van der Waals surface area contributed by atoms with Gasteiger partial charge in [-0.3, -0.25) is 11.3 Å². The van der Waals surface area contributed by atoms with Crippen molar-refractivity contribution in [3.05, 3.63) is 23.4 Å². The Balaban J connectivity index is 2.14. The Hall–Kier alpha value is -1.13. The van der Waals surface area contributed by atoms with Crippen molar-refractivity contribution in [1.29, 1.82) is 0 Å². The SMILES string of the molecule is Cc1ccnc(N)c1C(NN)C1CCC(C(C)C)CC1. The van der Waals surface area contributed by atoms with Crippen LogP contribution in [-0.4, -0.2) is 4.98 Å². The van der Waals surface area contributed by atoms with E-state index in [0.717, 1.165) is 17.4 Å². The molecule has 0 bridgehead atoms. The average molecular weight is 276 g/mol. The third kappa shape index (κ3) is 3.13. The minimum atomic E-state index is 0.122. The lowest BCUT2D eigenvalue weighted by molar-refractivity contribution is 0.189. The van der Waals surface area contributed by atoms with E-state index in [1.165, 1.54) is 31.2 Å². The number of nitrogens with zero attached hydrogens (tertiary/aromatic N) is 1. The Bertz CT molecular complexity index is 416. The molecular formula is C16H28N4. The average Bonchev–Trinajstić information content (AvgIpc) is 2.43. The normalized spacial score (nSPS) is 24.9. The molecular weight excluding hydrogens is 248 g/mol. The minimum Gasteiger partial charge on any atom is -0.383 e. The molecule has 1 aliphatic rings. The summed E-state index contributed by atoms with van der Waals surface area (Å²) in [5.74, 6) is 8.64. The molecule has 1 atom stereocenters. The van der Waals surface area contributed by atoms with E-state index < -0.39 is 0 Å². The van der Waals surface area contributed by atoms with Crippen molar-refractivity contribution in [2.75, 3.05) is 5.73 Å². The molecule has 2 rings (SSSR count). The van der Waals surface area contributed by atoms with Crippen molar-refractivity contribution >= 4 is 5.82 Å². The van der Waals surface area contributed by atoms with Crippen LogP contribution in [-0.2, 0) is 0 Å². The van der Waals surface area contributed by atoms with E-state index >= 15 is 0 Å². The number of aromatic nitrogens is 1. The third-order valence-corrected chi connectivity index (χ3v) is 4.96. The molecule has 5 N–H and O–H groups in total. The Labute approximate surface area is 122 Å². The fourth-order valence-electron chi connectivity index (χ4n) is 3.60. The Morgan fingerprint density at radius 1 is 1.20 bits per heavy atom. The van der Waals surface area contributed by atoms with Gasteiger partial charge in [0.2, 0.25) is 0 Å². The summed E-state index contributed by atoms with van der Waals surface area (Å²) in [5.41, 5.74) is 11.3. The highest BCUT2D eigenvalue weighted by Crippen LogP contribution is 2.40. The van der Waals surface area contributed by atoms with Gasteiger partial charge in [-0.1, -0.05) is 13.8 Å². The second kappa shape index (κ2) is 6.55. The van der Waals surface area contributed by atoms with Gasteiger partial charge in [-0.15, -0.1) is 0 Å². The Kier molecular flexibility index (Phi) is 5.00. The molecule has 4 heteroatoms. The number of aryl methyl sites for hydroxylation is 1. The van der Waals surface area contributed by atoms with Crippen molar-refractivity contribution in [2.24, 2.45) is 23.6 Å². The van der Waals surface area contributed by atoms with E-state index in [2.05, 4.69) is 31.2 Å². The highest BCUT2D eigenvalue weighted by molar-refractivity contribution is 5.46. The number of rotatable bonds is 4. The molecule has 0 aliphatic heterocycles.